The second kappa shape index (κ2) is 6.75. The Labute approximate surface area is 128 Å². The first kappa shape index (κ1) is 14.8. The Kier molecular flexibility index (Phi) is 4.76. The highest BCUT2D eigenvalue weighted by Crippen LogP contribution is 2.29. The number of aromatic nitrogens is 1. The Morgan fingerprint density at radius 2 is 1.81 bits per heavy atom. The summed E-state index contributed by atoms with van der Waals surface area (Å²) in [6, 6.07) is 6.15. The highest BCUT2D eigenvalue weighted by Gasteiger charge is 2.28. The van der Waals surface area contributed by atoms with Gasteiger partial charge < -0.3 is 10.6 Å². The molecule has 4 heteroatoms. The van der Waals surface area contributed by atoms with Crippen molar-refractivity contribution < 1.29 is 0 Å². The summed E-state index contributed by atoms with van der Waals surface area (Å²) in [5.74, 6) is 1.11. The maximum absolute atomic E-state index is 6.55. The fourth-order valence-electron chi connectivity index (χ4n) is 3.63. The zero-order valence-corrected chi connectivity index (χ0v) is 13.0. The van der Waals surface area contributed by atoms with Crippen LogP contribution in [0.2, 0.25) is 0 Å². The summed E-state index contributed by atoms with van der Waals surface area (Å²) < 4.78 is 0. The highest BCUT2D eigenvalue weighted by molar-refractivity contribution is 5.38. The normalized spacial score (nSPS) is 23.2. The zero-order chi connectivity index (χ0) is 14.5. The Balaban J connectivity index is 1.43. The molecule has 3 rings (SSSR count). The molecule has 1 saturated carbocycles. The van der Waals surface area contributed by atoms with Gasteiger partial charge in [-0.25, -0.2) is 4.98 Å². The van der Waals surface area contributed by atoms with E-state index in [1.54, 1.807) is 0 Å². The van der Waals surface area contributed by atoms with E-state index >= 15 is 0 Å². The summed E-state index contributed by atoms with van der Waals surface area (Å²) in [6.45, 7) is 5.58. The van der Waals surface area contributed by atoms with E-state index in [0.717, 1.165) is 45.0 Å². The van der Waals surface area contributed by atoms with E-state index < -0.39 is 0 Å². The number of nitrogens with two attached hydrogens (primary N) is 1. The first-order chi connectivity index (χ1) is 10.3. The van der Waals surface area contributed by atoms with Gasteiger partial charge >= 0.3 is 0 Å². The van der Waals surface area contributed by atoms with Gasteiger partial charge in [0.15, 0.2) is 0 Å². The SMILES string of the molecule is NC1(CCN2CCN(c3ccccn3)CC2)CCCCC1. The molecule has 1 aromatic rings. The third-order valence-electron chi connectivity index (χ3n) is 5.12. The smallest absolute Gasteiger partial charge is 0.128 e. The predicted octanol–water partition coefficient (Wildman–Crippen LogP) is 2.26. The van der Waals surface area contributed by atoms with Gasteiger partial charge in [0.25, 0.3) is 0 Å². The van der Waals surface area contributed by atoms with Crippen molar-refractivity contribution in [2.75, 3.05) is 37.6 Å². The van der Waals surface area contributed by atoms with Crippen LogP contribution in [0, 0.1) is 0 Å². The van der Waals surface area contributed by atoms with Crippen LogP contribution in [0.3, 0.4) is 0 Å². The molecular formula is C17H28N4. The van der Waals surface area contributed by atoms with Crippen LogP contribution >= 0.6 is 0 Å². The summed E-state index contributed by atoms with van der Waals surface area (Å²) in [6.07, 6.45) is 9.51. The number of piperazine rings is 1. The molecular weight excluding hydrogens is 260 g/mol. The summed E-state index contributed by atoms with van der Waals surface area (Å²) in [5, 5.41) is 0. The van der Waals surface area contributed by atoms with Crippen LogP contribution in [0.15, 0.2) is 24.4 Å². The largest absolute Gasteiger partial charge is 0.354 e. The monoisotopic (exact) mass is 288 g/mol. The Hall–Kier alpha value is -1.13. The molecule has 0 aromatic carbocycles. The quantitative estimate of drug-likeness (QED) is 0.923. The molecule has 0 unspecified atom stereocenters. The third kappa shape index (κ3) is 3.95. The molecule has 2 aliphatic rings. The molecule has 2 heterocycles. The second-order valence-electron chi connectivity index (χ2n) is 6.69. The summed E-state index contributed by atoms with van der Waals surface area (Å²) >= 11 is 0. The van der Waals surface area contributed by atoms with Crippen molar-refractivity contribution in [3.05, 3.63) is 24.4 Å². The van der Waals surface area contributed by atoms with Crippen LogP contribution in [-0.4, -0.2) is 48.1 Å². The number of hydrogen-bond donors (Lipinski definition) is 1. The van der Waals surface area contributed by atoms with Crippen molar-refractivity contribution in [2.24, 2.45) is 5.73 Å². The maximum atomic E-state index is 6.55. The molecule has 2 fully saturated rings. The van der Waals surface area contributed by atoms with Gasteiger partial charge in [-0.2, -0.15) is 0 Å². The number of pyridine rings is 1. The Bertz CT molecular complexity index is 420. The fraction of sp³-hybridized carbons (Fsp3) is 0.706. The average molecular weight is 288 g/mol. The number of rotatable bonds is 4. The molecule has 21 heavy (non-hydrogen) atoms. The first-order valence-electron chi connectivity index (χ1n) is 8.42. The van der Waals surface area contributed by atoms with Crippen molar-refractivity contribution in [3.8, 4) is 0 Å². The first-order valence-corrected chi connectivity index (χ1v) is 8.42. The molecule has 1 aromatic heterocycles. The van der Waals surface area contributed by atoms with Crippen LogP contribution in [-0.2, 0) is 0 Å². The molecule has 1 aliphatic heterocycles. The van der Waals surface area contributed by atoms with E-state index in [1.165, 1.54) is 32.1 Å². The number of anilines is 1. The topological polar surface area (TPSA) is 45.4 Å². The lowest BCUT2D eigenvalue weighted by Crippen LogP contribution is -2.50. The van der Waals surface area contributed by atoms with E-state index in [9.17, 15) is 0 Å². The minimum atomic E-state index is 0.121. The molecule has 116 valence electrons. The molecule has 2 N–H and O–H groups in total. The average Bonchev–Trinajstić information content (AvgIpc) is 2.55. The molecule has 0 bridgehead atoms. The fourth-order valence-corrected chi connectivity index (χ4v) is 3.63. The van der Waals surface area contributed by atoms with E-state index in [-0.39, 0.29) is 5.54 Å². The predicted molar refractivity (Wildman–Crippen MR) is 87.5 cm³/mol. The van der Waals surface area contributed by atoms with Crippen molar-refractivity contribution in [3.63, 3.8) is 0 Å². The molecule has 0 atom stereocenters. The van der Waals surface area contributed by atoms with E-state index in [2.05, 4.69) is 26.9 Å². The molecule has 0 amide bonds. The zero-order valence-electron chi connectivity index (χ0n) is 13.0. The second-order valence-corrected chi connectivity index (χ2v) is 6.69. The maximum Gasteiger partial charge on any atom is 0.128 e. The third-order valence-corrected chi connectivity index (χ3v) is 5.12. The van der Waals surface area contributed by atoms with Crippen LogP contribution < -0.4 is 10.6 Å². The van der Waals surface area contributed by atoms with Crippen LogP contribution in [0.25, 0.3) is 0 Å². The van der Waals surface area contributed by atoms with Crippen molar-refractivity contribution >= 4 is 5.82 Å². The van der Waals surface area contributed by atoms with Gasteiger partial charge in [-0.05, 0) is 31.4 Å². The van der Waals surface area contributed by atoms with E-state index in [0.29, 0.717) is 0 Å². The van der Waals surface area contributed by atoms with Crippen molar-refractivity contribution in [1.82, 2.24) is 9.88 Å². The van der Waals surface area contributed by atoms with Crippen molar-refractivity contribution in [1.29, 1.82) is 0 Å². The van der Waals surface area contributed by atoms with E-state index in [1.807, 2.05) is 12.3 Å². The van der Waals surface area contributed by atoms with Crippen molar-refractivity contribution in [2.45, 2.75) is 44.1 Å². The Morgan fingerprint density at radius 3 is 2.48 bits per heavy atom. The minimum absolute atomic E-state index is 0.121. The molecule has 1 saturated heterocycles. The van der Waals surface area contributed by atoms with Gasteiger partial charge in [0, 0.05) is 44.5 Å². The van der Waals surface area contributed by atoms with Gasteiger partial charge in [-0.3, -0.25) is 4.90 Å². The van der Waals surface area contributed by atoms with Crippen LogP contribution in [0.4, 0.5) is 5.82 Å². The lowest BCUT2D eigenvalue weighted by Gasteiger charge is -2.39. The summed E-state index contributed by atoms with van der Waals surface area (Å²) in [5.41, 5.74) is 6.67. The molecule has 0 radical (unpaired) electrons. The molecule has 4 nitrogen and oxygen atoms in total. The van der Waals surface area contributed by atoms with Crippen LogP contribution in [0.5, 0.6) is 0 Å². The lowest BCUT2D eigenvalue weighted by atomic mass is 9.80. The number of nitrogens with zero attached hydrogens (tertiary/aromatic N) is 3. The highest BCUT2D eigenvalue weighted by atomic mass is 15.3. The molecule has 1 aliphatic carbocycles. The van der Waals surface area contributed by atoms with E-state index in [4.69, 9.17) is 5.73 Å². The Morgan fingerprint density at radius 1 is 1.05 bits per heavy atom. The van der Waals surface area contributed by atoms with Gasteiger partial charge in [0.1, 0.15) is 5.82 Å². The molecule has 0 spiro atoms. The lowest BCUT2D eigenvalue weighted by molar-refractivity contribution is 0.200. The summed E-state index contributed by atoms with van der Waals surface area (Å²) in [4.78, 5) is 9.40. The minimum Gasteiger partial charge on any atom is -0.354 e. The van der Waals surface area contributed by atoms with Gasteiger partial charge in [-0.15, -0.1) is 0 Å². The summed E-state index contributed by atoms with van der Waals surface area (Å²) in [7, 11) is 0. The van der Waals surface area contributed by atoms with Gasteiger partial charge in [-0.1, -0.05) is 25.3 Å². The standard InChI is InChI=1S/C17H28N4/c18-17(7-3-1-4-8-17)9-11-20-12-14-21(15-13-20)16-6-2-5-10-19-16/h2,5-6,10H,1,3-4,7-9,11-15,18H2. The van der Waals surface area contributed by atoms with Crippen LogP contribution in [0.1, 0.15) is 38.5 Å². The van der Waals surface area contributed by atoms with Gasteiger partial charge in [0.05, 0.1) is 0 Å². The number of hydrogen-bond acceptors (Lipinski definition) is 4. The van der Waals surface area contributed by atoms with Gasteiger partial charge in [0.2, 0.25) is 0 Å².